The maximum absolute atomic E-state index is 9.10. The zero-order valence-electron chi connectivity index (χ0n) is 97.0. The van der Waals surface area contributed by atoms with Gasteiger partial charge < -0.3 is 38.6 Å². The number of aliphatic imine (C=N–C) groups is 2. The van der Waals surface area contributed by atoms with Crippen LogP contribution < -0.4 is 53.0 Å². The minimum absolute atomic E-state index is 0.0222. The van der Waals surface area contributed by atoms with Crippen molar-refractivity contribution < 1.29 is 38.1 Å². The number of nitrogens with two attached hydrogens (primary N) is 2. The SMILES string of the molecule is [2H]C([2H])=C1c2cc(Br)ccc2C[C@@]12CC[C@H](O[Si](c1ccccc1)(c1ccccc1)C(C)(C)C)[C@@H](C)C2.[2H]C([2H])=C1c2cc(Br)ccc2C[C@]12CC[C@@H](O[Si](c1ccccc1)(c1ccccc1)C(C)(C)C)[C@H](C)C2.[2H]C1([2H])OC(N)=NC12c1cc(Br)ccc1C[C@@]21CC[C@H](O[Si](c2ccccc2)(c2ccccc2)C(C)(C)C)[C@@H](C)C1.[2H]C1([2H])OC(N)=NC12c1cc(Br)ccc1C[C@]21CC[C@@H](O[Si](c2ccccc2)(c2ccccc2)C(C)(C)C)[C@H](C)C1. The number of halogens is 4. The van der Waals surface area contributed by atoms with Crippen molar-refractivity contribution in [3.05, 3.63) is 391 Å². The molecule has 4 fully saturated rings. The monoisotopic (exact) mass is 2300 g/mol. The van der Waals surface area contributed by atoms with Crippen LogP contribution in [0.15, 0.2) is 356 Å². The van der Waals surface area contributed by atoms with Crippen molar-refractivity contribution in [3.8, 4) is 0 Å². The Morgan fingerprint density at radius 1 is 0.318 bits per heavy atom. The summed E-state index contributed by atoms with van der Waals surface area (Å²) in [5, 5.41) is 10.0. The van der Waals surface area contributed by atoms with Gasteiger partial charge in [-0.2, -0.15) is 0 Å². The summed E-state index contributed by atoms with van der Waals surface area (Å²) in [4.78, 5) is 9.69. The Kier molecular flexibility index (Phi) is 27.6. The number of rotatable bonds is 16. The molecule has 4 N–H and O–H groups in total. The molecule has 12 aromatic rings. The van der Waals surface area contributed by atoms with Gasteiger partial charge in [-0.05, 0) is 303 Å². The number of nitrogens with zero attached hydrogens (tertiary/aromatic N) is 2. The molecule has 2 aliphatic heterocycles. The van der Waals surface area contributed by atoms with E-state index >= 15 is 0 Å². The Labute approximate surface area is 932 Å². The van der Waals surface area contributed by atoms with Crippen molar-refractivity contribution in [2.45, 2.75) is 269 Å². The molecule has 6 spiro atoms. The average molecular weight is 2310 g/mol. The maximum Gasteiger partial charge on any atom is 0.283 e. The highest BCUT2D eigenvalue weighted by atomic mass is 79.9. The largest absolute Gasteiger partial charge is 0.462 e. The van der Waals surface area contributed by atoms with Crippen LogP contribution in [0.3, 0.4) is 0 Å². The molecular formula is C130H152Br4N4O6Si4. The fraction of sp³-hybridized carbons (Fsp3) is 0.400. The molecule has 0 radical (unpaired) electrons. The van der Waals surface area contributed by atoms with Gasteiger partial charge in [0.2, 0.25) is 0 Å². The lowest BCUT2D eigenvalue weighted by Crippen LogP contribution is -2.68. The Morgan fingerprint density at radius 2 is 0.547 bits per heavy atom. The highest BCUT2D eigenvalue weighted by molar-refractivity contribution is 9.11. The number of hydrogen-bond acceptors (Lipinski definition) is 10. The molecule has 0 bridgehead atoms. The van der Waals surface area contributed by atoms with Gasteiger partial charge in [-0.15, -0.1) is 0 Å². The van der Waals surface area contributed by atoms with Gasteiger partial charge in [0.05, 0.1) is 11.0 Å². The smallest absolute Gasteiger partial charge is 0.283 e. The highest BCUT2D eigenvalue weighted by Crippen LogP contribution is 2.66. The molecule has 22 rings (SSSR count). The maximum atomic E-state index is 9.10. The van der Waals surface area contributed by atoms with Crippen LogP contribution in [-0.4, -0.2) is 82.8 Å². The van der Waals surface area contributed by atoms with Crippen molar-refractivity contribution in [2.75, 3.05) is 13.1 Å². The summed E-state index contributed by atoms with van der Waals surface area (Å²) in [6, 6.07) is 112. The standard InChI is InChI=1S/2C33H39BrN2O2Si.2C32H37BrOSi/c2*1-23-20-32(21-24-15-16-25(34)19-28(24)33(32)22-37-30(35)36-33)18-17-29(23)38-39(31(2,3)4,26-11-7-5-8-12-26)27-13-9-6-10-14-27;2*1-23-21-32(22-25-16-17-26(33)20-29(25)24(32)2)19-18-30(23)34-35(31(3,4)5,27-12-8-6-9-13-27)28-14-10-7-11-15-28/h2*5-16,19,23,29H,17-18,20-22H2,1-4H3,(H2,35,36);2*6-17,20,23,30H,2,18-19,21-22H2,1,3-5H3/t2*23-,29-,32-,33?;2*23-,30-,32-/m1010/s1/i2*22D2;2*2D2. The molecule has 0 aromatic heterocycles. The van der Waals surface area contributed by atoms with E-state index in [4.69, 9.17) is 59.6 Å². The molecule has 12 aromatic carbocycles. The normalized spacial score (nSPS) is 28.0. The number of allylic oxidation sites excluding steroid dienone is 2. The van der Waals surface area contributed by atoms with Crippen LogP contribution in [0.4, 0.5) is 0 Å². The van der Waals surface area contributed by atoms with Crippen LogP contribution in [0.5, 0.6) is 0 Å². The van der Waals surface area contributed by atoms with Crippen LogP contribution in [0, 0.1) is 45.3 Å². The van der Waals surface area contributed by atoms with Crippen LogP contribution in [0.1, 0.15) is 243 Å². The van der Waals surface area contributed by atoms with E-state index < -0.39 is 68.3 Å². The van der Waals surface area contributed by atoms with E-state index in [0.717, 1.165) is 165 Å². The first kappa shape index (κ1) is 97.5. The number of hydrogen-bond donors (Lipinski definition) is 2. The Hall–Kier alpha value is -8.71. The summed E-state index contributed by atoms with van der Waals surface area (Å²) in [5.74, 6) is 0.991. The first-order chi connectivity index (χ1) is 73.8. The zero-order valence-corrected chi connectivity index (χ0v) is 99.3. The van der Waals surface area contributed by atoms with Crippen LogP contribution in [-0.2, 0) is 63.9 Å². The molecule has 14 atom stereocenters. The third-order valence-electron chi connectivity index (χ3n) is 35.5. The zero-order chi connectivity index (χ0) is 111. The van der Waals surface area contributed by atoms with Gasteiger partial charge in [0.1, 0.15) is 24.2 Å². The van der Waals surface area contributed by atoms with E-state index in [-0.39, 0.29) is 92.3 Å². The van der Waals surface area contributed by atoms with Crippen molar-refractivity contribution >= 4 is 162 Å². The summed E-state index contributed by atoms with van der Waals surface area (Å²) in [6.45, 7) is 33.0. The van der Waals surface area contributed by atoms with E-state index in [9.17, 15) is 0 Å². The van der Waals surface area contributed by atoms with Crippen LogP contribution in [0.2, 0.25) is 20.2 Å². The predicted molar refractivity (Wildman–Crippen MR) is 640 cm³/mol. The van der Waals surface area contributed by atoms with E-state index in [1.807, 2.05) is 24.3 Å². The van der Waals surface area contributed by atoms with Gasteiger partial charge in [0.15, 0.2) is 0 Å². The number of fused-ring (bicyclic) bond motifs is 8. The molecule has 2 unspecified atom stereocenters. The second-order valence-corrected chi connectivity index (χ2v) is 69.3. The van der Waals surface area contributed by atoms with Crippen molar-refractivity contribution in [2.24, 2.45) is 66.8 Å². The van der Waals surface area contributed by atoms with Crippen LogP contribution in [0.25, 0.3) is 11.1 Å². The highest BCUT2D eigenvalue weighted by Gasteiger charge is 2.67. The fourth-order valence-corrected chi connectivity index (χ4v) is 49.4. The lowest BCUT2D eigenvalue weighted by molar-refractivity contribution is -0.0187. The minimum atomic E-state index is -2.73. The Bertz CT molecular complexity index is 6690. The number of benzene rings is 12. The van der Waals surface area contributed by atoms with Gasteiger partial charge in [-0.3, -0.25) is 0 Å². The summed E-state index contributed by atoms with van der Waals surface area (Å²) in [7, 11) is -10.7. The molecule has 0 saturated heterocycles. The molecule has 8 aliphatic carbocycles. The molecule has 772 valence electrons. The fourth-order valence-electron chi connectivity index (χ4n) is 28.7. The summed E-state index contributed by atoms with van der Waals surface area (Å²) in [5.41, 5.74) is 19.2. The quantitative estimate of drug-likeness (QED) is 0.0914. The van der Waals surface area contributed by atoms with E-state index in [2.05, 4.69) is 466 Å². The molecule has 0 amide bonds. The molecule has 10 nitrogen and oxygen atoms in total. The van der Waals surface area contributed by atoms with Gasteiger partial charge in [0, 0.05) is 53.1 Å². The van der Waals surface area contributed by atoms with Gasteiger partial charge in [-0.1, -0.05) is 454 Å². The van der Waals surface area contributed by atoms with E-state index in [0.29, 0.717) is 11.8 Å². The van der Waals surface area contributed by atoms with E-state index in [1.165, 1.54) is 52.6 Å². The van der Waals surface area contributed by atoms with Crippen molar-refractivity contribution in [1.29, 1.82) is 0 Å². The third-order valence-corrected chi connectivity index (χ3v) is 57.7. The molecule has 148 heavy (non-hydrogen) atoms. The number of ether oxygens (including phenoxy) is 2. The lowest BCUT2D eigenvalue weighted by atomic mass is 9.59. The molecular weight excluding hydrogens is 2150 g/mol. The van der Waals surface area contributed by atoms with Crippen LogP contribution >= 0.6 is 63.7 Å². The number of amidine groups is 2. The molecule has 18 heteroatoms. The molecule has 10 aliphatic rings. The van der Waals surface area contributed by atoms with Gasteiger partial charge in [-0.25, -0.2) is 9.98 Å². The summed E-state index contributed by atoms with van der Waals surface area (Å²) in [6.07, 6.45) is 14.0. The molecule has 2 heterocycles. The lowest BCUT2D eigenvalue weighted by Gasteiger charge is -2.52. The topological polar surface area (TPSA) is 132 Å². The van der Waals surface area contributed by atoms with Gasteiger partial charge >= 0.3 is 0 Å². The minimum Gasteiger partial charge on any atom is -0.462 e. The average Bonchev–Trinajstić information content (AvgIpc) is 1.51. The Balaban J connectivity index is 0.000000130. The molecule has 4 saturated carbocycles. The van der Waals surface area contributed by atoms with Gasteiger partial charge in [0.25, 0.3) is 45.3 Å². The first-order valence-corrected chi connectivity index (χ1v) is 64.4. The third kappa shape index (κ3) is 19.3. The van der Waals surface area contributed by atoms with Crippen molar-refractivity contribution in [1.82, 2.24) is 0 Å². The summed E-state index contributed by atoms with van der Waals surface area (Å²) < 4.78 is 115. The first-order valence-electron chi connectivity index (χ1n) is 57.6. The second kappa shape index (κ2) is 41.9. The Morgan fingerprint density at radius 3 is 0.764 bits per heavy atom. The second-order valence-electron chi connectivity index (χ2n) is 48.7. The summed E-state index contributed by atoms with van der Waals surface area (Å²) >= 11 is 14.5. The van der Waals surface area contributed by atoms with Crippen molar-refractivity contribution in [3.63, 3.8) is 0 Å². The van der Waals surface area contributed by atoms with E-state index in [1.54, 1.807) is 0 Å². The predicted octanol–water partition coefficient (Wildman–Crippen LogP) is 28.1.